The summed E-state index contributed by atoms with van der Waals surface area (Å²) >= 11 is 0. The fourth-order valence-electron chi connectivity index (χ4n) is 4.00. The van der Waals surface area contributed by atoms with Crippen LogP contribution in [0.4, 0.5) is 0 Å². The molecular formula is C17H26N4O3. The molecule has 1 heterocycles. The van der Waals surface area contributed by atoms with E-state index in [2.05, 4.69) is 10.4 Å². The Labute approximate surface area is 141 Å². The van der Waals surface area contributed by atoms with Crippen LogP contribution in [-0.4, -0.2) is 38.0 Å². The van der Waals surface area contributed by atoms with Gasteiger partial charge in [0.15, 0.2) is 0 Å². The number of aryl methyl sites for hydroxylation is 1. The zero-order valence-corrected chi connectivity index (χ0v) is 14.6. The molecule has 0 aliphatic heterocycles. The second kappa shape index (κ2) is 6.55. The van der Waals surface area contributed by atoms with Crippen LogP contribution in [0.3, 0.4) is 0 Å². The van der Waals surface area contributed by atoms with Crippen LogP contribution in [0.25, 0.3) is 0 Å². The van der Waals surface area contributed by atoms with Gasteiger partial charge in [-0.3, -0.25) is 9.36 Å². The number of amides is 1. The Balaban J connectivity index is 1.62. The minimum absolute atomic E-state index is 0.00151. The van der Waals surface area contributed by atoms with E-state index < -0.39 is 6.10 Å². The summed E-state index contributed by atoms with van der Waals surface area (Å²) in [6, 6.07) is 0. The van der Waals surface area contributed by atoms with Gasteiger partial charge in [0.05, 0.1) is 6.10 Å². The zero-order valence-electron chi connectivity index (χ0n) is 14.6. The predicted molar refractivity (Wildman–Crippen MR) is 89.5 cm³/mol. The van der Waals surface area contributed by atoms with Crippen molar-refractivity contribution in [1.82, 2.24) is 19.7 Å². The molecule has 2 aliphatic carbocycles. The maximum Gasteiger partial charge on any atom is 0.345 e. The lowest BCUT2D eigenvalue weighted by Crippen LogP contribution is -2.33. The minimum atomic E-state index is -0.480. The third kappa shape index (κ3) is 3.05. The second-order valence-electron chi connectivity index (χ2n) is 7.14. The van der Waals surface area contributed by atoms with Gasteiger partial charge >= 0.3 is 5.69 Å². The van der Waals surface area contributed by atoms with Crippen molar-refractivity contribution < 1.29 is 9.90 Å². The van der Waals surface area contributed by atoms with Crippen LogP contribution in [-0.2, 0) is 18.9 Å². The van der Waals surface area contributed by atoms with Gasteiger partial charge in [-0.15, -0.1) is 0 Å². The van der Waals surface area contributed by atoms with Crippen LogP contribution in [0.2, 0.25) is 0 Å². The number of carbonyl (C=O) groups excluding carboxylic acids is 1. The molecule has 0 aromatic carbocycles. The summed E-state index contributed by atoms with van der Waals surface area (Å²) in [6.45, 7) is 2.48. The number of hydrogen-bond donors (Lipinski definition) is 2. The lowest BCUT2D eigenvalue weighted by Gasteiger charge is -2.15. The lowest BCUT2D eigenvalue weighted by molar-refractivity contribution is -0.117. The van der Waals surface area contributed by atoms with Gasteiger partial charge in [-0.25, -0.2) is 9.48 Å². The number of nitrogens with one attached hydrogen (secondary N) is 1. The van der Waals surface area contributed by atoms with E-state index in [1.54, 1.807) is 18.7 Å². The molecule has 1 saturated carbocycles. The number of rotatable bonds is 4. The van der Waals surface area contributed by atoms with Crippen molar-refractivity contribution in [1.29, 1.82) is 0 Å². The van der Waals surface area contributed by atoms with Crippen LogP contribution in [0.15, 0.2) is 15.9 Å². The van der Waals surface area contributed by atoms with Crippen molar-refractivity contribution in [2.45, 2.75) is 51.0 Å². The predicted octanol–water partition coefficient (Wildman–Crippen LogP) is 0.590. The average molecular weight is 334 g/mol. The molecule has 0 unspecified atom stereocenters. The summed E-state index contributed by atoms with van der Waals surface area (Å²) in [5.74, 6) is 0.766. The molecule has 24 heavy (non-hydrogen) atoms. The number of hydrogen-bond acceptors (Lipinski definition) is 4. The first kappa shape index (κ1) is 17.0. The van der Waals surface area contributed by atoms with E-state index in [9.17, 15) is 14.7 Å². The molecular weight excluding hydrogens is 308 g/mol. The molecule has 7 heteroatoms. The Morgan fingerprint density at radius 2 is 2.08 bits per heavy atom. The molecule has 0 bridgehead atoms. The molecule has 3 atom stereocenters. The number of aliphatic hydroxyl groups excluding tert-OH is 1. The Morgan fingerprint density at radius 1 is 1.33 bits per heavy atom. The third-order valence-corrected chi connectivity index (χ3v) is 5.48. The molecule has 1 amide bonds. The first-order valence-corrected chi connectivity index (χ1v) is 8.63. The highest BCUT2D eigenvalue weighted by Gasteiger charge is 2.36. The standard InChI is InChI=1S/C17H26N4O3/c1-10-5-4-6-13(10)16(23)18-9-12-7-11(8-14(12)22)15-19-21(3)17(24)20(15)2/h11-12,14,22H,4-9H2,1-3H3,(H,18,23)/t11-,12+,14+/m0/s1. The number of carbonyl (C=O) groups is 1. The highest BCUT2D eigenvalue weighted by atomic mass is 16.3. The average Bonchev–Trinajstić information content (AvgIpc) is 3.20. The topological polar surface area (TPSA) is 89.2 Å². The maximum absolute atomic E-state index is 12.3. The molecule has 2 aliphatic rings. The Hall–Kier alpha value is -1.89. The monoisotopic (exact) mass is 334 g/mol. The van der Waals surface area contributed by atoms with Crippen LogP contribution in [0, 0.1) is 5.92 Å². The summed E-state index contributed by atoms with van der Waals surface area (Å²) in [7, 11) is 3.34. The zero-order chi connectivity index (χ0) is 17.4. The van der Waals surface area contributed by atoms with E-state index in [4.69, 9.17) is 0 Å². The Bertz CT molecular complexity index is 731. The highest BCUT2D eigenvalue weighted by Crippen LogP contribution is 2.37. The maximum atomic E-state index is 12.3. The van der Waals surface area contributed by atoms with Crippen LogP contribution in [0.5, 0.6) is 0 Å². The van der Waals surface area contributed by atoms with Gasteiger partial charge in [-0.05, 0) is 39.0 Å². The molecule has 7 nitrogen and oxygen atoms in total. The van der Waals surface area contributed by atoms with E-state index >= 15 is 0 Å². The second-order valence-corrected chi connectivity index (χ2v) is 7.14. The van der Waals surface area contributed by atoms with Gasteiger partial charge in [0.2, 0.25) is 5.91 Å². The summed E-state index contributed by atoms with van der Waals surface area (Å²) in [6.07, 6.45) is 3.73. The minimum Gasteiger partial charge on any atom is -0.393 e. The van der Waals surface area contributed by atoms with Crippen molar-refractivity contribution in [2.24, 2.45) is 20.0 Å². The number of aromatic nitrogens is 3. The smallest absolute Gasteiger partial charge is 0.345 e. The van der Waals surface area contributed by atoms with E-state index in [1.165, 1.54) is 10.3 Å². The van der Waals surface area contributed by atoms with E-state index in [0.29, 0.717) is 18.8 Å². The van der Waals surface area contributed by atoms with Crippen molar-refractivity contribution in [3.05, 3.63) is 27.5 Å². The fraction of sp³-hybridized carbons (Fsp3) is 0.706. The molecule has 1 fully saturated rings. The van der Waals surface area contributed by atoms with Gasteiger partial charge < -0.3 is 10.4 Å². The van der Waals surface area contributed by atoms with Crippen molar-refractivity contribution in [3.8, 4) is 0 Å². The Morgan fingerprint density at radius 3 is 2.67 bits per heavy atom. The van der Waals surface area contributed by atoms with Crippen molar-refractivity contribution in [2.75, 3.05) is 6.54 Å². The van der Waals surface area contributed by atoms with E-state index in [1.807, 2.05) is 6.92 Å². The molecule has 3 rings (SSSR count). The number of nitrogens with zero attached hydrogens (tertiary/aromatic N) is 3. The van der Waals surface area contributed by atoms with E-state index in [0.717, 1.165) is 31.3 Å². The highest BCUT2D eigenvalue weighted by molar-refractivity contribution is 5.94. The van der Waals surface area contributed by atoms with Crippen molar-refractivity contribution in [3.63, 3.8) is 0 Å². The van der Waals surface area contributed by atoms with Gasteiger partial charge in [0.1, 0.15) is 5.82 Å². The SMILES string of the molecule is CC1=C(C(=O)NC[C@H]2C[C@H](c3nn(C)c(=O)n3C)C[C@H]2O)CCC1. The number of allylic oxidation sites excluding steroid dienone is 1. The van der Waals surface area contributed by atoms with Gasteiger partial charge in [-0.1, -0.05) is 5.57 Å². The first-order chi connectivity index (χ1) is 11.4. The molecule has 0 spiro atoms. The molecule has 1 aromatic heterocycles. The van der Waals surface area contributed by atoms with E-state index in [-0.39, 0.29) is 23.4 Å². The third-order valence-electron chi connectivity index (χ3n) is 5.48. The lowest BCUT2D eigenvalue weighted by atomic mass is 10.0. The summed E-state index contributed by atoms with van der Waals surface area (Å²) in [4.78, 5) is 24.1. The molecule has 2 N–H and O–H groups in total. The van der Waals surface area contributed by atoms with Gasteiger partial charge in [0, 0.05) is 38.0 Å². The molecule has 0 saturated heterocycles. The molecule has 0 radical (unpaired) electrons. The van der Waals surface area contributed by atoms with Gasteiger partial charge in [0.25, 0.3) is 0 Å². The largest absolute Gasteiger partial charge is 0.393 e. The summed E-state index contributed by atoms with van der Waals surface area (Å²) in [5, 5.41) is 17.6. The summed E-state index contributed by atoms with van der Waals surface area (Å²) in [5.41, 5.74) is 1.94. The Kier molecular flexibility index (Phi) is 4.62. The van der Waals surface area contributed by atoms with Crippen molar-refractivity contribution >= 4 is 5.91 Å². The number of aliphatic hydroxyl groups is 1. The first-order valence-electron chi connectivity index (χ1n) is 8.63. The molecule has 132 valence electrons. The van der Waals surface area contributed by atoms with Crippen LogP contribution < -0.4 is 11.0 Å². The van der Waals surface area contributed by atoms with Crippen LogP contribution >= 0.6 is 0 Å². The molecule has 1 aromatic rings. The normalized spacial score (nSPS) is 27.1. The quantitative estimate of drug-likeness (QED) is 0.843. The van der Waals surface area contributed by atoms with Gasteiger partial charge in [-0.2, -0.15) is 5.10 Å². The summed E-state index contributed by atoms with van der Waals surface area (Å²) < 4.78 is 2.87. The van der Waals surface area contributed by atoms with Crippen LogP contribution in [0.1, 0.15) is 50.8 Å². The fourth-order valence-corrected chi connectivity index (χ4v) is 4.00.